The lowest BCUT2D eigenvalue weighted by Gasteiger charge is -2.05. The predicted molar refractivity (Wildman–Crippen MR) is 47.7 cm³/mol. The van der Waals surface area contributed by atoms with Crippen molar-refractivity contribution in [2.75, 3.05) is 7.05 Å². The van der Waals surface area contributed by atoms with Crippen LogP contribution in [-0.2, 0) is 13.1 Å². The van der Waals surface area contributed by atoms with Gasteiger partial charge in [0.1, 0.15) is 0 Å². The SMILES string of the molecule is CNCc1cncn1CC1CC1. The number of hydrogen-bond donors (Lipinski definition) is 1. The summed E-state index contributed by atoms with van der Waals surface area (Å²) in [7, 11) is 1.97. The second kappa shape index (κ2) is 3.27. The van der Waals surface area contributed by atoms with Gasteiger partial charge in [-0.15, -0.1) is 0 Å². The zero-order chi connectivity index (χ0) is 8.39. The maximum absolute atomic E-state index is 4.14. The number of hydrogen-bond acceptors (Lipinski definition) is 2. The topological polar surface area (TPSA) is 29.9 Å². The maximum Gasteiger partial charge on any atom is 0.0948 e. The van der Waals surface area contributed by atoms with E-state index in [0.29, 0.717) is 0 Å². The van der Waals surface area contributed by atoms with Crippen LogP contribution >= 0.6 is 0 Å². The highest BCUT2D eigenvalue weighted by Crippen LogP contribution is 2.30. The number of imidazole rings is 1. The minimum absolute atomic E-state index is 0.923. The lowest BCUT2D eigenvalue weighted by molar-refractivity contribution is 0.589. The molecule has 1 aliphatic rings. The fourth-order valence-corrected chi connectivity index (χ4v) is 1.42. The van der Waals surface area contributed by atoms with Gasteiger partial charge in [0.2, 0.25) is 0 Å². The molecule has 0 aliphatic heterocycles. The molecule has 1 heterocycles. The number of nitrogens with zero attached hydrogens (tertiary/aromatic N) is 2. The maximum atomic E-state index is 4.14. The largest absolute Gasteiger partial charge is 0.333 e. The molecule has 1 aromatic rings. The van der Waals surface area contributed by atoms with Gasteiger partial charge in [-0.25, -0.2) is 4.98 Å². The molecule has 1 aromatic heterocycles. The third-order valence-corrected chi connectivity index (χ3v) is 2.31. The number of aromatic nitrogens is 2. The van der Waals surface area contributed by atoms with E-state index in [-0.39, 0.29) is 0 Å². The van der Waals surface area contributed by atoms with E-state index in [4.69, 9.17) is 0 Å². The minimum atomic E-state index is 0.923. The molecule has 0 unspecified atom stereocenters. The van der Waals surface area contributed by atoms with E-state index in [2.05, 4.69) is 14.9 Å². The van der Waals surface area contributed by atoms with Crippen LogP contribution in [0.3, 0.4) is 0 Å². The zero-order valence-electron chi connectivity index (χ0n) is 7.45. The summed E-state index contributed by atoms with van der Waals surface area (Å²) in [5, 5.41) is 3.14. The molecule has 1 saturated carbocycles. The van der Waals surface area contributed by atoms with Crippen LogP contribution in [0.15, 0.2) is 12.5 Å². The van der Waals surface area contributed by atoms with Gasteiger partial charge in [-0.3, -0.25) is 0 Å². The van der Waals surface area contributed by atoms with Crippen molar-refractivity contribution in [1.82, 2.24) is 14.9 Å². The Labute approximate surface area is 72.8 Å². The Morgan fingerprint density at radius 1 is 1.67 bits per heavy atom. The zero-order valence-corrected chi connectivity index (χ0v) is 7.45. The van der Waals surface area contributed by atoms with Crippen LogP contribution in [-0.4, -0.2) is 16.6 Å². The Hall–Kier alpha value is -0.830. The fraction of sp³-hybridized carbons (Fsp3) is 0.667. The van der Waals surface area contributed by atoms with Crippen LogP contribution in [0.5, 0.6) is 0 Å². The van der Waals surface area contributed by atoms with Gasteiger partial charge >= 0.3 is 0 Å². The molecular formula is C9H15N3. The van der Waals surface area contributed by atoms with Gasteiger partial charge in [-0.1, -0.05) is 0 Å². The summed E-state index contributed by atoms with van der Waals surface area (Å²) in [6, 6.07) is 0. The van der Waals surface area contributed by atoms with Gasteiger partial charge in [0.15, 0.2) is 0 Å². The Morgan fingerprint density at radius 3 is 3.17 bits per heavy atom. The molecule has 1 fully saturated rings. The number of nitrogens with one attached hydrogen (secondary N) is 1. The molecule has 1 aliphatic carbocycles. The molecule has 0 bridgehead atoms. The Bertz CT molecular complexity index is 250. The molecule has 0 amide bonds. The van der Waals surface area contributed by atoms with Crippen molar-refractivity contribution < 1.29 is 0 Å². The van der Waals surface area contributed by atoms with Gasteiger partial charge in [0.25, 0.3) is 0 Å². The monoisotopic (exact) mass is 165 g/mol. The second-order valence-corrected chi connectivity index (χ2v) is 3.51. The van der Waals surface area contributed by atoms with Gasteiger partial charge in [0, 0.05) is 19.3 Å². The lowest BCUT2D eigenvalue weighted by Crippen LogP contribution is -2.11. The van der Waals surface area contributed by atoms with Crippen molar-refractivity contribution >= 4 is 0 Å². The normalized spacial score (nSPS) is 16.8. The third-order valence-electron chi connectivity index (χ3n) is 2.31. The van der Waals surface area contributed by atoms with E-state index in [1.807, 2.05) is 19.6 Å². The van der Waals surface area contributed by atoms with Gasteiger partial charge in [-0.2, -0.15) is 0 Å². The molecule has 1 N–H and O–H groups in total. The van der Waals surface area contributed by atoms with Gasteiger partial charge in [-0.05, 0) is 25.8 Å². The molecule has 0 spiro atoms. The summed E-state index contributed by atoms with van der Waals surface area (Å²) in [4.78, 5) is 4.14. The predicted octanol–water partition coefficient (Wildman–Crippen LogP) is 1.01. The van der Waals surface area contributed by atoms with Crippen LogP contribution < -0.4 is 5.32 Å². The van der Waals surface area contributed by atoms with Crippen molar-refractivity contribution in [1.29, 1.82) is 0 Å². The smallest absolute Gasteiger partial charge is 0.0948 e. The quantitative estimate of drug-likeness (QED) is 0.721. The van der Waals surface area contributed by atoms with E-state index in [9.17, 15) is 0 Å². The highest BCUT2D eigenvalue weighted by Gasteiger charge is 2.22. The summed E-state index contributed by atoms with van der Waals surface area (Å²) >= 11 is 0. The summed E-state index contributed by atoms with van der Waals surface area (Å²) in [5.74, 6) is 0.926. The first-order chi connectivity index (χ1) is 5.90. The average Bonchev–Trinajstić information content (AvgIpc) is 2.76. The molecule has 0 radical (unpaired) electrons. The van der Waals surface area contributed by atoms with E-state index in [0.717, 1.165) is 19.0 Å². The van der Waals surface area contributed by atoms with Crippen molar-refractivity contribution in [3.05, 3.63) is 18.2 Å². The molecule has 0 atom stereocenters. The fourth-order valence-electron chi connectivity index (χ4n) is 1.42. The first-order valence-corrected chi connectivity index (χ1v) is 4.53. The Balaban J connectivity index is 2.01. The molecular weight excluding hydrogens is 150 g/mol. The first kappa shape index (κ1) is 7.80. The average molecular weight is 165 g/mol. The molecule has 66 valence electrons. The summed E-state index contributed by atoms with van der Waals surface area (Å²) in [5.41, 5.74) is 1.30. The van der Waals surface area contributed by atoms with E-state index in [1.54, 1.807) is 0 Å². The highest BCUT2D eigenvalue weighted by atomic mass is 15.1. The first-order valence-electron chi connectivity index (χ1n) is 4.53. The van der Waals surface area contributed by atoms with E-state index < -0.39 is 0 Å². The van der Waals surface area contributed by atoms with Crippen LogP contribution in [0.2, 0.25) is 0 Å². The molecule has 0 saturated heterocycles. The lowest BCUT2D eigenvalue weighted by atomic mass is 10.4. The third kappa shape index (κ3) is 1.67. The summed E-state index contributed by atoms with van der Waals surface area (Å²) in [6.07, 6.45) is 6.68. The van der Waals surface area contributed by atoms with E-state index >= 15 is 0 Å². The number of rotatable bonds is 4. The van der Waals surface area contributed by atoms with Crippen LogP contribution in [0.4, 0.5) is 0 Å². The minimum Gasteiger partial charge on any atom is -0.333 e. The standard InChI is InChI=1S/C9H15N3/c1-10-4-9-5-11-7-12(9)6-8-2-3-8/h5,7-8,10H,2-4,6H2,1H3. The van der Waals surface area contributed by atoms with Gasteiger partial charge < -0.3 is 9.88 Å². The molecule has 0 aromatic carbocycles. The summed E-state index contributed by atoms with van der Waals surface area (Å²) < 4.78 is 2.26. The van der Waals surface area contributed by atoms with Gasteiger partial charge in [0.05, 0.1) is 12.0 Å². The molecule has 12 heavy (non-hydrogen) atoms. The molecule has 3 nitrogen and oxygen atoms in total. The van der Waals surface area contributed by atoms with Crippen molar-refractivity contribution in [3.63, 3.8) is 0 Å². The van der Waals surface area contributed by atoms with Crippen molar-refractivity contribution in [2.45, 2.75) is 25.9 Å². The molecule has 2 rings (SSSR count). The van der Waals surface area contributed by atoms with Crippen LogP contribution in [0.25, 0.3) is 0 Å². The van der Waals surface area contributed by atoms with Crippen molar-refractivity contribution in [3.8, 4) is 0 Å². The van der Waals surface area contributed by atoms with Crippen LogP contribution in [0.1, 0.15) is 18.5 Å². The Morgan fingerprint density at radius 2 is 2.50 bits per heavy atom. The summed E-state index contributed by atoms with van der Waals surface area (Å²) in [6.45, 7) is 2.09. The Kier molecular flexibility index (Phi) is 2.13. The van der Waals surface area contributed by atoms with Crippen LogP contribution in [0, 0.1) is 5.92 Å². The second-order valence-electron chi connectivity index (χ2n) is 3.51. The van der Waals surface area contributed by atoms with E-state index in [1.165, 1.54) is 18.5 Å². The highest BCUT2D eigenvalue weighted by molar-refractivity contribution is 4.98. The molecule has 3 heteroatoms. The van der Waals surface area contributed by atoms with Crippen molar-refractivity contribution in [2.24, 2.45) is 5.92 Å².